The first-order valence-electron chi connectivity index (χ1n) is 5.70. The molecule has 1 aliphatic rings. The zero-order chi connectivity index (χ0) is 12.1. The second kappa shape index (κ2) is 5.84. The Labute approximate surface area is 95.8 Å². The first kappa shape index (κ1) is 13.0. The summed E-state index contributed by atoms with van der Waals surface area (Å²) < 4.78 is 0. The molecule has 5 nitrogen and oxygen atoms in total. The number of carbonyl (C=O) groups excluding carboxylic acids is 1. The number of amides is 1. The monoisotopic (exact) mass is 228 g/mol. The van der Waals surface area contributed by atoms with Crippen LogP contribution >= 0.6 is 0 Å². The molecule has 2 atom stereocenters. The minimum absolute atomic E-state index is 0.0285. The number of hydrogen-bond acceptors (Lipinski definition) is 3. The summed E-state index contributed by atoms with van der Waals surface area (Å²) in [5.41, 5.74) is 0. The van der Waals surface area contributed by atoms with Crippen molar-refractivity contribution in [2.75, 3.05) is 13.6 Å². The summed E-state index contributed by atoms with van der Waals surface area (Å²) in [6.07, 6.45) is 4.09. The maximum absolute atomic E-state index is 11.1. The van der Waals surface area contributed by atoms with Gasteiger partial charge in [-0.15, -0.1) is 0 Å². The third kappa shape index (κ3) is 3.81. The molecule has 16 heavy (non-hydrogen) atoms. The number of likely N-dealkylation sites (N-methyl/N-ethyl adjacent to an activating group) is 1. The van der Waals surface area contributed by atoms with Crippen LogP contribution in [0.1, 0.15) is 32.6 Å². The Bertz CT molecular complexity index is 268. The Morgan fingerprint density at radius 3 is 2.56 bits per heavy atom. The molecule has 1 rings (SSSR count). The second-order valence-electron chi connectivity index (χ2n) is 4.47. The molecule has 0 spiro atoms. The third-order valence-corrected chi connectivity index (χ3v) is 3.07. The number of rotatable bonds is 4. The summed E-state index contributed by atoms with van der Waals surface area (Å²) in [6.45, 7) is 1.53. The van der Waals surface area contributed by atoms with Crippen molar-refractivity contribution < 1.29 is 14.7 Å². The van der Waals surface area contributed by atoms with Crippen LogP contribution in [0, 0.1) is 0 Å². The summed E-state index contributed by atoms with van der Waals surface area (Å²) in [7, 11) is 1.80. The lowest BCUT2D eigenvalue weighted by atomic mass is 9.89. The van der Waals surface area contributed by atoms with Crippen LogP contribution in [-0.4, -0.2) is 47.6 Å². The van der Waals surface area contributed by atoms with Gasteiger partial charge in [0.2, 0.25) is 5.91 Å². The molecule has 0 heterocycles. The molecule has 0 aromatic rings. The minimum Gasteiger partial charge on any atom is -0.480 e. The van der Waals surface area contributed by atoms with Gasteiger partial charge >= 0.3 is 5.97 Å². The minimum atomic E-state index is -0.824. The van der Waals surface area contributed by atoms with Crippen molar-refractivity contribution in [2.45, 2.75) is 44.7 Å². The van der Waals surface area contributed by atoms with Crippen molar-refractivity contribution in [2.24, 2.45) is 0 Å². The van der Waals surface area contributed by atoms with Gasteiger partial charge < -0.3 is 10.4 Å². The van der Waals surface area contributed by atoms with Gasteiger partial charge in [0.05, 0.1) is 6.54 Å². The molecule has 1 amide bonds. The van der Waals surface area contributed by atoms with Crippen molar-refractivity contribution in [3.05, 3.63) is 0 Å². The lowest BCUT2D eigenvalue weighted by Gasteiger charge is -2.37. The van der Waals surface area contributed by atoms with Gasteiger partial charge in [0.1, 0.15) is 0 Å². The molecule has 1 aliphatic carbocycles. The van der Waals surface area contributed by atoms with E-state index in [0.29, 0.717) is 0 Å². The van der Waals surface area contributed by atoms with E-state index in [4.69, 9.17) is 5.11 Å². The van der Waals surface area contributed by atoms with Gasteiger partial charge in [0.25, 0.3) is 0 Å². The molecular formula is C11H20N2O3. The number of carboxylic acid groups (broad SMARTS) is 1. The number of carbonyl (C=O) groups is 2. The summed E-state index contributed by atoms with van der Waals surface area (Å²) in [5, 5.41) is 11.7. The van der Waals surface area contributed by atoms with Gasteiger partial charge in [0.15, 0.2) is 0 Å². The normalized spacial score (nSPS) is 25.4. The average Bonchev–Trinajstić information content (AvgIpc) is 2.16. The number of nitrogens with one attached hydrogen (secondary N) is 1. The third-order valence-electron chi connectivity index (χ3n) is 3.07. The predicted octanol–water partition coefficient (Wildman–Crippen LogP) is 0.450. The van der Waals surface area contributed by atoms with Crippen LogP contribution in [0.3, 0.4) is 0 Å². The molecule has 5 heteroatoms. The van der Waals surface area contributed by atoms with Crippen molar-refractivity contribution in [3.63, 3.8) is 0 Å². The molecule has 0 saturated heterocycles. The van der Waals surface area contributed by atoms with Crippen LogP contribution in [0.25, 0.3) is 0 Å². The summed E-state index contributed by atoms with van der Waals surface area (Å²) in [6, 6.07) is 0.240. The highest BCUT2D eigenvalue weighted by atomic mass is 16.4. The van der Waals surface area contributed by atoms with Gasteiger partial charge in [-0.3, -0.25) is 14.5 Å². The van der Waals surface area contributed by atoms with Gasteiger partial charge in [0, 0.05) is 19.0 Å². The van der Waals surface area contributed by atoms with E-state index in [9.17, 15) is 9.59 Å². The standard InChI is InChI=1S/C11H20N2O3/c1-8(14)12-9-5-3-4-6-10(9)13(2)7-11(15)16/h9-10H,3-7H2,1-2H3,(H,12,14)(H,15,16)/t9-,10-/m0/s1. The molecule has 1 fully saturated rings. The fourth-order valence-electron chi connectivity index (χ4n) is 2.40. The first-order valence-corrected chi connectivity index (χ1v) is 5.70. The molecule has 0 aromatic carbocycles. The van der Waals surface area contributed by atoms with Gasteiger partial charge in [-0.2, -0.15) is 0 Å². The maximum atomic E-state index is 11.1. The molecule has 0 bridgehead atoms. The second-order valence-corrected chi connectivity index (χ2v) is 4.47. The van der Waals surface area contributed by atoms with Gasteiger partial charge in [-0.1, -0.05) is 12.8 Å². The molecule has 0 aromatic heterocycles. The molecule has 0 aliphatic heterocycles. The Morgan fingerprint density at radius 2 is 2.00 bits per heavy atom. The highest BCUT2D eigenvalue weighted by Gasteiger charge is 2.29. The Balaban J connectivity index is 2.58. The van der Waals surface area contributed by atoms with E-state index in [0.717, 1.165) is 25.7 Å². The van der Waals surface area contributed by atoms with Crippen LogP contribution < -0.4 is 5.32 Å². The fraction of sp³-hybridized carbons (Fsp3) is 0.818. The van der Waals surface area contributed by atoms with E-state index in [1.165, 1.54) is 6.92 Å². The lowest BCUT2D eigenvalue weighted by molar-refractivity contribution is -0.138. The topological polar surface area (TPSA) is 69.6 Å². The summed E-state index contributed by atoms with van der Waals surface area (Å²) >= 11 is 0. The quantitative estimate of drug-likeness (QED) is 0.733. The van der Waals surface area contributed by atoms with Crippen LogP contribution in [0.15, 0.2) is 0 Å². The molecule has 2 N–H and O–H groups in total. The van der Waals surface area contributed by atoms with E-state index in [1.54, 1.807) is 7.05 Å². The SMILES string of the molecule is CC(=O)N[C@H]1CCCC[C@@H]1N(C)CC(=O)O. The molecule has 0 radical (unpaired) electrons. The Hall–Kier alpha value is -1.10. The van der Waals surface area contributed by atoms with E-state index >= 15 is 0 Å². The van der Waals surface area contributed by atoms with Crippen molar-refractivity contribution >= 4 is 11.9 Å². The van der Waals surface area contributed by atoms with E-state index in [-0.39, 0.29) is 24.5 Å². The average molecular weight is 228 g/mol. The number of nitrogens with zero attached hydrogens (tertiary/aromatic N) is 1. The molecule has 1 saturated carbocycles. The highest BCUT2D eigenvalue weighted by molar-refractivity contribution is 5.73. The molecule has 0 unspecified atom stereocenters. The summed E-state index contributed by atoms with van der Waals surface area (Å²) in [4.78, 5) is 23.5. The van der Waals surface area contributed by atoms with E-state index < -0.39 is 5.97 Å². The largest absolute Gasteiger partial charge is 0.480 e. The fourth-order valence-corrected chi connectivity index (χ4v) is 2.40. The highest BCUT2D eigenvalue weighted by Crippen LogP contribution is 2.22. The number of aliphatic carboxylic acids is 1. The van der Waals surface area contributed by atoms with Crippen molar-refractivity contribution in [1.82, 2.24) is 10.2 Å². The number of carboxylic acids is 1. The van der Waals surface area contributed by atoms with Crippen molar-refractivity contribution in [1.29, 1.82) is 0 Å². The Morgan fingerprint density at radius 1 is 1.38 bits per heavy atom. The van der Waals surface area contributed by atoms with Crippen LogP contribution in [0.5, 0.6) is 0 Å². The first-order chi connectivity index (χ1) is 7.50. The van der Waals surface area contributed by atoms with Gasteiger partial charge in [-0.05, 0) is 19.9 Å². The summed E-state index contributed by atoms with van der Waals surface area (Å²) in [5.74, 6) is -0.865. The van der Waals surface area contributed by atoms with Crippen LogP contribution in [-0.2, 0) is 9.59 Å². The number of hydrogen-bond donors (Lipinski definition) is 2. The van der Waals surface area contributed by atoms with Gasteiger partial charge in [-0.25, -0.2) is 0 Å². The van der Waals surface area contributed by atoms with E-state index in [1.807, 2.05) is 4.90 Å². The zero-order valence-electron chi connectivity index (χ0n) is 9.90. The van der Waals surface area contributed by atoms with Crippen LogP contribution in [0.2, 0.25) is 0 Å². The lowest BCUT2D eigenvalue weighted by Crippen LogP contribution is -2.52. The van der Waals surface area contributed by atoms with E-state index in [2.05, 4.69) is 5.32 Å². The zero-order valence-corrected chi connectivity index (χ0v) is 9.90. The Kier molecular flexibility index (Phi) is 4.73. The maximum Gasteiger partial charge on any atom is 0.317 e. The molecule has 92 valence electrons. The smallest absolute Gasteiger partial charge is 0.317 e. The van der Waals surface area contributed by atoms with Crippen LogP contribution in [0.4, 0.5) is 0 Å². The predicted molar refractivity (Wildman–Crippen MR) is 60.1 cm³/mol. The molecular weight excluding hydrogens is 208 g/mol. The van der Waals surface area contributed by atoms with Crippen molar-refractivity contribution in [3.8, 4) is 0 Å².